The summed E-state index contributed by atoms with van der Waals surface area (Å²) in [6, 6.07) is 2.66. The van der Waals surface area contributed by atoms with Gasteiger partial charge in [-0.25, -0.2) is 0 Å². The van der Waals surface area contributed by atoms with Crippen LogP contribution in [0, 0.1) is 5.92 Å². The first-order valence-corrected chi connectivity index (χ1v) is 9.32. The Morgan fingerprint density at radius 2 is 2.00 bits per heavy atom. The molecule has 2 N–H and O–H groups in total. The lowest BCUT2D eigenvalue weighted by Gasteiger charge is -2.30. The van der Waals surface area contributed by atoms with Gasteiger partial charge >= 0.3 is 6.61 Å². The van der Waals surface area contributed by atoms with E-state index in [9.17, 15) is 13.6 Å². The molecule has 1 fully saturated rings. The number of benzene rings is 1. The van der Waals surface area contributed by atoms with Gasteiger partial charge in [-0.05, 0) is 30.9 Å². The number of halogens is 4. The van der Waals surface area contributed by atoms with Crippen molar-refractivity contribution in [3.05, 3.63) is 40.1 Å². The maximum atomic E-state index is 12.8. The molecule has 2 aliphatic rings. The summed E-state index contributed by atoms with van der Waals surface area (Å²) in [6.45, 7) is -2.55. The molecule has 1 atom stereocenters. The number of nitrogens with zero attached hydrogens (tertiary/aromatic N) is 1. The van der Waals surface area contributed by atoms with Gasteiger partial charge in [0.1, 0.15) is 6.10 Å². The molecular weight excluding hydrogens is 415 g/mol. The van der Waals surface area contributed by atoms with E-state index in [0.717, 1.165) is 12.8 Å². The van der Waals surface area contributed by atoms with Crippen LogP contribution in [0.15, 0.2) is 24.5 Å². The highest BCUT2D eigenvalue weighted by Crippen LogP contribution is 2.46. The van der Waals surface area contributed by atoms with E-state index in [2.05, 4.69) is 20.4 Å². The van der Waals surface area contributed by atoms with Gasteiger partial charge in [-0.1, -0.05) is 23.2 Å². The van der Waals surface area contributed by atoms with Crippen molar-refractivity contribution >= 4 is 40.5 Å². The first-order chi connectivity index (χ1) is 13.4. The van der Waals surface area contributed by atoms with Crippen molar-refractivity contribution in [3.63, 3.8) is 0 Å². The first kappa shape index (κ1) is 19.0. The lowest BCUT2D eigenvalue weighted by molar-refractivity contribution is -0.0522. The van der Waals surface area contributed by atoms with Crippen LogP contribution in [0.1, 0.15) is 23.2 Å². The number of alkyl halides is 2. The third kappa shape index (κ3) is 3.79. The zero-order chi connectivity index (χ0) is 19.8. The van der Waals surface area contributed by atoms with E-state index < -0.39 is 12.5 Å². The normalized spacial score (nSPS) is 18.1. The second-order valence-corrected chi connectivity index (χ2v) is 7.32. The molecule has 0 radical (unpaired) electrons. The lowest BCUT2D eigenvalue weighted by Crippen LogP contribution is -2.34. The summed E-state index contributed by atoms with van der Waals surface area (Å²) in [5.41, 5.74) is 0.682. The molecule has 1 unspecified atom stereocenters. The highest BCUT2D eigenvalue weighted by atomic mass is 35.5. The van der Waals surface area contributed by atoms with Gasteiger partial charge < -0.3 is 20.1 Å². The van der Waals surface area contributed by atoms with Crippen molar-refractivity contribution in [2.24, 2.45) is 5.92 Å². The molecular formula is C18H15Cl2F2N3O3. The molecule has 1 aromatic heterocycles. The van der Waals surface area contributed by atoms with Crippen LogP contribution >= 0.6 is 23.2 Å². The van der Waals surface area contributed by atoms with Gasteiger partial charge in [0.2, 0.25) is 0 Å². The van der Waals surface area contributed by atoms with E-state index in [1.807, 2.05) is 0 Å². The van der Waals surface area contributed by atoms with Crippen LogP contribution in [0.5, 0.6) is 11.5 Å². The van der Waals surface area contributed by atoms with Gasteiger partial charge in [-0.2, -0.15) is 8.78 Å². The van der Waals surface area contributed by atoms with Crippen molar-refractivity contribution in [2.75, 3.05) is 17.2 Å². The number of amides is 1. The molecule has 1 saturated carbocycles. The number of hydrogen-bond acceptors (Lipinski definition) is 5. The molecule has 1 aliphatic carbocycles. The fraction of sp³-hybridized carbons (Fsp3) is 0.333. The Kier molecular flexibility index (Phi) is 5.16. The number of pyridine rings is 1. The lowest BCUT2D eigenvalue weighted by atomic mass is 10.1. The summed E-state index contributed by atoms with van der Waals surface area (Å²) in [7, 11) is 0. The minimum atomic E-state index is -3.01. The molecule has 0 bridgehead atoms. The van der Waals surface area contributed by atoms with E-state index in [1.165, 1.54) is 24.5 Å². The maximum absolute atomic E-state index is 12.8. The fourth-order valence-electron chi connectivity index (χ4n) is 3.07. The van der Waals surface area contributed by atoms with Crippen LogP contribution in [0.3, 0.4) is 0 Å². The maximum Gasteiger partial charge on any atom is 0.387 e. The number of aromatic nitrogens is 1. The van der Waals surface area contributed by atoms with Crippen molar-refractivity contribution in [3.8, 4) is 11.5 Å². The Labute approximate surface area is 169 Å². The van der Waals surface area contributed by atoms with Gasteiger partial charge in [-0.3, -0.25) is 9.78 Å². The predicted octanol–water partition coefficient (Wildman–Crippen LogP) is 4.83. The van der Waals surface area contributed by atoms with Crippen molar-refractivity contribution < 1.29 is 23.0 Å². The van der Waals surface area contributed by atoms with Crippen LogP contribution in [-0.4, -0.2) is 30.2 Å². The molecule has 1 aromatic carbocycles. The monoisotopic (exact) mass is 429 g/mol. The summed E-state index contributed by atoms with van der Waals surface area (Å²) in [5.74, 6) is -0.190. The first-order valence-electron chi connectivity index (χ1n) is 8.56. The number of carbonyl (C=O) groups is 1. The smallest absolute Gasteiger partial charge is 0.387 e. The topological polar surface area (TPSA) is 72.5 Å². The van der Waals surface area contributed by atoms with Crippen LogP contribution in [0.2, 0.25) is 10.0 Å². The van der Waals surface area contributed by atoms with Crippen LogP contribution in [-0.2, 0) is 0 Å². The van der Waals surface area contributed by atoms with Crippen LogP contribution in [0.25, 0.3) is 0 Å². The average Bonchev–Trinajstić information content (AvgIpc) is 3.49. The van der Waals surface area contributed by atoms with E-state index in [-0.39, 0.29) is 44.6 Å². The van der Waals surface area contributed by atoms with E-state index in [0.29, 0.717) is 12.5 Å². The summed E-state index contributed by atoms with van der Waals surface area (Å²) in [4.78, 5) is 16.6. The molecule has 1 aliphatic heterocycles. The van der Waals surface area contributed by atoms with Gasteiger partial charge in [0.05, 0.1) is 33.5 Å². The largest absolute Gasteiger partial charge is 0.482 e. The third-order valence-corrected chi connectivity index (χ3v) is 5.14. The van der Waals surface area contributed by atoms with Crippen molar-refractivity contribution in [1.29, 1.82) is 0 Å². The quantitative estimate of drug-likeness (QED) is 0.712. The number of ether oxygens (including phenoxy) is 2. The number of fused-ring (bicyclic) bond motifs is 1. The van der Waals surface area contributed by atoms with Gasteiger partial charge in [0, 0.05) is 12.4 Å². The van der Waals surface area contributed by atoms with Crippen LogP contribution in [0.4, 0.5) is 20.2 Å². The van der Waals surface area contributed by atoms with Gasteiger partial charge in [0.15, 0.2) is 11.5 Å². The zero-order valence-electron chi connectivity index (χ0n) is 14.3. The van der Waals surface area contributed by atoms with E-state index in [1.54, 1.807) is 0 Å². The van der Waals surface area contributed by atoms with E-state index >= 15 is 0 Å². The van der Waals surface area contributed by atoms with Gasteiger partial charge in [-0.15, -0.1) is 0 Å². The number of carbonyl (C=O) groups excluding carboxylic acids is 1. The van der Waals surface area contributed by atoms with Crippen molar-refractivity contribution in [2.45, 2.75) is 25.6 Å². The standard InChI is InChI=1S/C18H15Cl2F2N3O3/c19-10-5-23-6-11(20)15(10)25-17(26)9-3-4-12(28-18(21)22)16-14(9)24-7-13(27-16)8-1-2-8/h3-6,8,13,18,24H,1-2,7H2,(H,23,25,26). The Hall–Kier alpha value is -2.32. The average molecular weight is 430 g/mol. The second-order valence-electron chi connectivity index (χ2n) is 6.50. The molecule has 2 heterocycles. The highest BCUT2D eigenvalue weighted by molar-refractivity contribution is 6.39. The minimum Gasteiger partial charge on any atom is -0.482 e. The second kappa shape index (κ2) is 7.60. The molecule has 0 saturated heterocycles. The molecule has 2 aromatic rings. The molecule has 10 heteroatoms. The number of rotatable bonds is 5. The fourth-order valence-corrected chi connectivity index (χ4v) is 3.53. The van der Waals surface area contributed by atoms with Gasteiger partial charge in [0.25, 0.3) is 5.91 Å². The highest BCUT2D eigenvalue weighted by Gasteiger charge is 2.37. The summed E-state index contributed by atoms with van der Waals surface area (Å²) < 4.78 is 36.0. The molecule has 4 rings (SSSR count). The Morgan fingerprint density at radius 1 is 1.29 bits per heavy atom. The zero-order valence-corrected chi connectivity index (χ0v) is 15.9. The van der Waals surface area contributed by atoms with Crippen molar-refractivity contribution in [1.82, 2.24) is 4.98 Å². The number of nitrogens with one attached hydrogen (secondary N) is 2. The Balaban J connectivity index is 1.67. The van der Waals surface area contributed by atoms with E-state index in [4.69, 9.17) is 27.9 Å². The molecule has 0 spiro atoms. The Bertz CT molecular complexity index is 905. The minimum absolute atomic E-state index is 0.100. The molecule has 148 valence electrons. The number of anilines is 2. The summed E-state index contributed by atoms with van der Waals surface area (Å²) >= 11 is 12.1. The molecule has 6 nitrogen and oxygen atoms in total. The number of hydrogen-bond donors (Lipinski definition) is 2. The Morgan fingerprint density at radius 3 is 2.64 bits per heavy atom. The summed E-state index contributed by atoms with van der Waals surface area (Å²) in [6.07, 6.45) is 4.58. The molecule has 1 amide bonds. The van der Waals surface area contributed by atoms with Crippen LogP contribution < -0.4 is 20.1 Å². The molecule has 28 heavy (non-hydrogen) atoms. The third-order valence-electron chi connectivity index (χ3n) is 4.57. The predicted molar refractivity (Wildman–Crippen MR) is 101 cm³/mol. The summed E-state index contributed by atoms with van der Waals surface area (Å²) in [5, 5.41) is 6.09. The SMILES string of the molecule is O=C(Nc1c(Cl)cncc1Cl)c1ccc(OC(F)F)c2c1NCC(C1CC1)O2.